The van der Waals surface area contributed by atoms with Crippen LogP contribution in [-0.4, -0.2) is 74.9 Å². The zero-order valence-electron chi connectivity index (χ0n) is 42.8. The van der Waals surface area contributed by atoms with Gasteiger partial charge in [-0.2, -0.15) is 0 Å². The molecule has 0 aliphatic heterocycles. The molecule has 68 heavy (non-hydrogen) atoms. The Balaban J connectivity index is 4.50. The van der Waals surface area contributed by atoms with Crippen LogP contribution in [0.15, 0.2) is 158 Å². The van der Waals surface area contributed by atoms with Crippen LogP contribution in [0.4, 0.5) is 0 Å². The molecule has 1 N–H and O–H groups in total. The SMILES string of the molecule is CC/C=C\C/C=C\C/C=C\C/C=C\C/C=C\C/C=C\C/C=C\CCCCCC(=O)OC(COC(=O)CC/C=C\C/C=C\C/C=C\C/C=C\C/C=C\C/C=C\CC)COP(=O)(O)OCC[N+](C)(C)C. The Bertz CT molecular complexity index is 1700. The number of phosphoric acid groups is 1. The van der Waals surface area contributed by atoms with E-state index in [9.17, 15) is 19.0 Å². The van der Waals surface area contributed by atoms with Crippen molar-refractivity contribution in [1.82, 2.24) is 0 Å². The highest BCUT2D eigenvalue weighted by atomic mass is 31.2. The molecule has 0 spiro atoms. The number of carbonyl (C=O) groups excluding carboxylic acids is 2. The Kier molecular flexibility index (Phi) is 44.6. The Morgan fingerprint density at radius 2 is 0.824 bits per heavy atom. The Morgan fingerprint density at radius 3 is 1.21 bits per heavy atom. The van der Waals surface area contributed by atoms with Crippen molar-refractivity contribution in [3.05, 3.63) is 158 Å². The first-order valence-electron chi connectivity index (χ1n) is 25.2. The van der Waals surface area contributed by atoms with Gasteiger partial charge in [0.1, 0.15) is 19.8 Å². The van der Waals surface area contributed by atoms with E-state index in [1.165, 1.54) is 0 Å². The number of allylic oxidation sites excluding steroid dienone is 26. The number of carbonyl (C=O) groups is 2. The Morgan fingerprint density at radius 1 is 0.456 bits per heavy atom. The molecule has 0 aromatic heterocycles. The van der Waals surface area contributed by atoms with Gasteiger partial charge in [0.05, 0.1) is 27.7 Å². The third-order valence-corrected chi connectivity index (χ3v) is 10.6. The van der Waals surface area contributed by atoms with Crippen LogP contribution in [0.25, 0.3) is 0 Å². The average molecular weight is 961 g/mol. The number of ether oxygens (including phenoxy) is 2. The summed E-state index contributed by atoms with van der Waals surface area (Å²) in [6, 6.07) is 0. The number of phosphoric ester groups is 1. The van der Waals surface area contributed by atoms with Gasteiger partial charge < -0.3 is 18.9 Å². The fraction of sp³-hybridized carbons (Fsp3) is 0.517. The number of nitrogens with zero attached hydrogens (tertiary/aromatic N) is 1. The molecule has 0 radical (unpaired) electrons. The van der Waals surface area contributed by atoms with Crippen LogP contribution in [0, 0.1) is 0 Å². The molecular weight excluding hydrogens is 870 g/mol. The van der Waals surface area contributed by atoms with Crippen molar-refractivity contribution in [2.24, 2.45) is 0 Å². The molecule has 0 saturated heterocycles. The van der Waals surface area contributed by atoms with Crippen LogP contribution in [0.3, 0.4) is 0 Å². The van der Waals surface area contributed by atoms with Gasteiger partial charge in [-0.1, -0.05) is 178 Å². The molecule has 0 aliphatic carbocycles. The molecule has 10 heteroatoms. The normalized spacial score (nSPS) is 14.7. The zero-order chi connectivity index (χ0) is 49.9. The first-order valence-corrected chi connectivity index (χ1v) is 26.7. The Labute approximate surface area is 414 Å². The van der Waals surface area contributed by atoms with Crippen molar-refractivity contribution in [2.45, 2.75) is 148 Å². The molecule has 0 amide bonds. The summed E-state index contributed by atoms with van der Waals surface area (Å²) in [5, 5.41) is 0. The van der Waals surface area contributed by atoms with Crippen LogP contribution in [0.2, 0.25) is 0 Å². The van der Waals surface area contributed by atoms with Gasteiger partial charge >= 0.3 is 19.8 Å². The van der Waals surface area contributed by atoms with Gasteiger partial charge in [-0.25, -0.2) is 4.57 Å². The lowest BCUT2D eigenvalue weighted by atomic mass is 10.1. The number of rotatable bonds is 43. The minimum Gasteiger partial charge on any atom is -0.462 e. The minimum atomic E-state index is -4.42. The molecule has 0 aromatic rings. The van der Waals surface area contributed by atoms with Gasteiger partial charge in [-0.3, -0.25) is 18.6 Å². The Hall–Kier alpha value is -4.37. The third-order valence-electron chi connectivity index (χ3n) is 9.57. The number of hydrogen-bond donors (Lipinski definition) is 1. The molecule has 0 aromatic carbocycles. The molecule has 9 nitrogen and oxygen atoms in total. The van der Waals surface area contributed by atoms with Crippen molar-refractivity contribution < 1.29 is 42.1 Å². The first-order chi connectivity index (χ1) is 33.0. The lowest BCUT2D eigenvalue weighted by Gasteiger charge is -2.24. The fourth-order valence-corrected chi connectivity index (χ4v) is 6.46. The van der Waals surface area contributed by atoms with E-state index in [-0.39, 0.29) is 26.1 Å². The lowest BCUT2D eigenvalue weighted by Crippen LogP contribution is -2.37. The summed E-state index contributed by atoms with van der Waals surface area (Å²) in [5.74, 6) is -0.953. The van der Waals surface area contributed by atoms with Gasteiger partial charge in [0.15, 0.2) is 6.10 Å². The number of quaternary nitrogens is 1. The van der Waals surface area contributed by atoms with Gasteiger partial charge in [-0.05, 0) is 109 Å². The maximum atomic E-state index is 12.8. The summed E-state index contributed by atoms with van der Waals surface area (Å²) in [6.07, 6.45) is 71.7. The van der Waals surface area contributed by atoms with Crippen LogP contribution in [-0.2, 0) is 32.7 Å². The summed E-state index contributed by atoms with van der Waals surface area (Å²) in [4.78, 5) is 35.5. The van der Waals surface area contributed by atoms with Crippen molar-refractivity contribution in [2.75, 3.05) is 47.5 Å². The van der Waals surface area contributed by atoms with Crippen LogP contribution in [0.5, 0.6) is 0 Å². The fourth-order valence-electron chi connectivity index (χ4n) is 5.72. The number of esters is 2. The van der Waals surface area contributed by atoms with E-state index in [2.05, 4.69) is 160 Å². The zero-order valence-corrected chi connectivity index (χ0v) is 43.7. The first kappa shape index (κ1) is 63.6. The highest BCUT2D eigenvalue weighted by Gasteiger charge is 2.27. The monoisotopic (exact) mass is 961 g/mol. The second kappa shape index (κ2) is 47.7. The highest BCUT2D eigenvalue weighted by Crippen LogP contribution is 2.43. The highest BCUT2D eigenvalue weighted by molar-refractivity contribution is 7.47. The van der Waals surface area contributed by atoms with Gasteiger partial charge in [0.25, 0.3) is 0 Å². The minimum absolute atomic E-state index is 0.00299. The summed E-state index contributed by atoms with van der Waals surface area (Å²) in [5.41, 5.74) is 0. The molecule has 380 valence electrons. The molecular formula is C58H91NO8P+. The van der Waals surface area contributed by atoms with Gasteiger partial charge in [-0.15, -0.1) is 0 Å². The smallest absolute Gasteiger partial charge is 0.462 e. The van der Waals surface area contributed by atoms with Crippen LogP contribution < -0.4 is 0 Å². The molecule has 0 aliphatic rings. The molecule has 0 saturated carbocycles. The van der Waals surface area contributed by atoms with Crippen LogP contribution >= 0.6 is 7.82 Å². The molecule has 2 unspecified atom stereocenters. The molecule has 2 atom stereocenters. The van der Waals surface area contributed by atoms with E-state index in [4.69, 9.17) is 18.5 Å². The summed E-state index contributed by atoms with van der Waals surface area (Å²) < 4.78 is 34.3. The lowest BCUT2D eigenvalue weighted by molar-refractivity contribution is -0.870. The quantitative estimate of drug-likeness (QED) is 0.0212. The van der Waals surface area contributed by atoms with Crippen LogP contribution in [0.1, 0.15) is 142 Å². The summed E-state index contributed by atoms with van der Waals surface area (Å²) in [6.45, 7) is 4.03. The molecule has 0 bridgehead atoms. The number of likely N-dealkylation sites (N-methyl/N-ethyl adjacent to an activating group) is 1. The molecule has 0 rings (SSSR count). The van der Waals surface area contributed by atoms with E-state index in [1.807, 2.05) is 33.3 Å². The second-order valence-corrected chi connectivity index (χ2v) is 18.5. The molecule has 0 heterocycles. The van der Waals surface area contributed by atoms with Crippen molar-refractivity contribution in [1.29, 1.82) is 0 Å². The van der Waals surface area contributed by atoms with E-state index >= 15 is 0 Å². The van der Waals surface area contributed by atoms with Crippen molar-refractivity contribution in [3.8, 4) is 0 Å². The van der Waals surface area contributed by atoms with E-state index in [1.54, 1.807) is 0 Å². The largest absolute Gasteiger partial charge is 0.472 e. The standard InChI is InChI=1S/C58H90NO8P/c1-6-8-10-12-14-16-18-20-22-24-26-27-28-29-30-31-33-35-37-39-41-43-45-47-49-51-58(61)67-56(55-66-68(62,63)65-53-52-59(3,4)5)54-64-57(60)50-48-46-44-42-40-38-36-34-32-25-23-21-19-17-15-13-11-9-7-2/h8-11,14-17,20-23,26-27,29-30,32-35,38-41,44,46,56H,6-7,12-13,18-19,24-25,28,31,36-37,42-43,45,47-55H2,1-5H3/p+1/b10-8-,11-9-,16-14-,17-15-,22-20-,23-21-,27-26-,30-29-,34-32-,35-33-,40-38-,41-39-,46-44-. The maximum absolute atomic E-state index is 12.8. The predicted molar refractivity (Wildman–Crippen MR) is 288 cm³/mol. The maximum Gasteiger partial charge on any atom is 0.472 e. The van der Waals surface area contributed by atoms with E-state index in [0.717, 1.165) is 103 Å². The van der Waals surface area contributed by atoms with Crippen molar-refractivity contribution in [3.63, 3.8) is 0 Å². The van der Waals surface area contributed by atoms with Gasteiger partial charge in [0.2, 0.25) is 0 Å². The van der Waals surface area contributed by atoms with Gasteiger partial charge in [0, 0.05) is 12.8 Å². The second-order valence-electron chi connectivity index (χ2n) is 17.1. The number of unbranched alkanes of at least 4 members (excludes halogenated alkanes) is 3. The summed E-state index contributed by atoms with van der Waals surface area (Å²) in [7, 11) is 1.38. The summed E-state index contributed by atoms with van der Waals surface area (Å²) >= 11 is 0. The van der Waals surface area contributed by atoms with Crippen molar-refractivity contribution >= 4 is 19.8 Å². The van der Waals surface area contributed by atoms with E-state index in [0.29, 0.717) is 23.9 Å². The predicted octanol–water partition coefficient (Wildman–Crippen LogP) is 15.4. The third kappa shape index (κ3) is 51.0. The van der Waals surface area contributed by atoms with E-state index < -0.39 is 32.5 Å². The number of hydrogen-bond acceptors (Lipinski definition) is 7. The molecule has 0 fully saturated rings. The average Bonchev–Trinajstić information content (AvgIpc) is 3.30. The topological polar surface area (TPSA) is 108 Å².